The van der Waals surface area contributed by atoms with E-state index in [0.29, 0.717) is 5.92 Å². The van der Waals surface area contributed by atoms with Gasteiger partial charge in [-0.3, -0.25) is 0 Å². The summed E-state index contributed by atoms with van der Waals surface area (Å²) >= 11 is 0. The van der Waals surface area contributed by atoms with Gasteiger partial charge >= 0.3 is 5.97 Å². The van der Waals surface area contributed by atoms with Crippen molar-refractivity contribution < 1.29 is 9.53 Å². The maximum Gasteiger partial charge on any atom is 0.333 e. The van der Waals surface area contributed by atoms with Crippen LogP contribution in [0.3, 0.4) is 0 Å². The van der Waals surface area contributed by atoms with Crippen LogP contribution in [0.1, 0.15) is 44.1 Å². The molecule has 102 valence electrons. The van der Waals surface area contributed by atoms with Crippen LogP contribution < -0.4 is 0 Å². The van der Waals surface area contributed by atoms with Gasteiger partial charge in [-0.25, -0.2) is 4.79 Å². The molecule has 19 heavy (non-hydrogen) atoms. The van der Waals surface area contributed by atoms with Crippen LogP contribution in [0.25, 0.3) is 6.08 Å². The molecule has 0 spiro atoms. The molecule has 2 nitrogen and oxygen atoms in total. The van der Waals surface area contributed by atoms with Crippen LogP contribution in [0.15, 0.2) is 35.9 Å². The summed E-state index contributed by atoms with van der Waals surface area (Å²) in [6.45, 7) is 0. The summed E-state index contributed by atoms with van der Waals surface area (Å²) in [6.07, 6.45) is 9.23. The molecule has 1 fully saturated rings. The van der Waals surface area contributed by atoms with Crippen molar-refractivity contribution in [3.63, 3.8) is 0 Å². The van der Waals surface area contributed by atoms with E-state index in [9.17, 15) is 4.79 Å². The van der Waals surface area contributed by atoms with Gasteiger partial charge in [0.15, 0.2) is 0 Å². The second-order valence-corrected chi connectivity index (χ2v) is 5.28. The Morgan fingerprint density at radius 3 is 2.53 bits per heavy atom. The lowest BCUT2D eigenvalue weighted by Crippen LogP contribution is -2.12. The molecule has 1 aliphatic carbocycles. The lowest BCUT2D eigenvalue weighted by molar-refractivity contribution is -0.136. The third-order valence-corrected chi connectivity index (χ3v) is 3.82. The number of esters is 1. The van der Waals surface area contributed by atoms with Gasteiger partial charge in [0.2, 0.25) is 0 Å². The number of carbonyl (C=O) groups is 1. The van der Waals surface area contributed by atoms with Crippen LogP contribution >= 0.6 is 0 Å². The minimum Gasteiger partial charge on any atom is -0.466 e. The molecule has 1 aromatic rings. The Morgan fingerprint density at radius 2 is 1.89 bits per heavy atom. The summed E-state index contributed by atoms with van der Waals surface area (Å²) in [5, 5.41) is 0. The number of hydrogen-bond donors (Lipinski definition) is 0. The van der Waals surface area contributed by atoms with E-state index in [-0.39, 0.29) is 5.97 Å². The Hall–Kier alpha value is -1.57. The minimum absolute atomic E-state index is 0.186. The molecular weight excluding hydrogens is 236 g/mol. The Balaban J connectivity index is 2.11. The van der Waals surface area contributed by atoms with Gasteiger partial charge in [0.05, 0.1) is 7.11 Å². The Kier molecular flexibility index (Phi) is 5.20. The lowest BCUT2D eigenvalue weighted by Gasteiger charge is -2.22. The van der Waals surface area contributed by atoms with E-state index in [0.717, 1.165) is 17.6 Å². The highest BCUT2D eigenvalue weighted by Crippen LogP contribution is 2.29. The lowest BCUT2D eigenvalue weighted by atomic mass is 9.84. The standard InChI is InChI=1S/C17H22O2/c1-19-17(18)16(12-14-8-4-2-5-9-14)13-15-10-6-3-7-11-15/h2,4-5,8-9,12,15H,3,6-7,10-11,13H2,1H3. The molecule has 2 heteroatoms. The number of hydrogen-bond acceptors (Lipinski definition) is 2. The topological polar surface area (TPSA) is 26.3 Å². The number of methoxy groups -OCH3 is 1. The maximum absolute atomic E-state index is 11.9. The molecule has 0 aliphatic heterocycles. The van der Waals surface area contributed by atoms with Crippen LogP contribution in [-0.4, -0.2) is 13.1 Å². The molecule has 0 N–H and O–H groups in total. The molecular formula is C17H22O2. The largest absolute Gasteiger partial charge is 0.466 e. The van der Waals surface area contributed by atoms with Crippen LogP contribution in [0.2, 0.25) is 0 Å². The summed E-state index contributed by atoms with van der Waals surface area (Å²) in [7, 11) is 1.46. The van der Waals surface area contributed by atoms with Crippen LogP contribution in [0, 0.1) is 5.92 Å². The van der Waals surface area contributed by atoms with Gasteiger partial charge in [0, 0.05) is 5.57 Å². The average molecular weight is 258 g/mol. The molecule has 0 atom stereocenters. The highest BCUT2D eigenvalue weighted by Gasteiger charge is 2.19. The van der Waals surface area contributed by atoms with Gasteiger partial charge in [0.1, 0.15) is 0 Å². The van der Waals surface area contributed by atoms with Crippen molar-refractivity contribution in [2.75, 3.05) is 7.11 Å². The van der Waals surface area contributed by atoms with Crippen molar-refractivity contribution in [3.05, 3.63) is 41.5 Å². The van der Waals surface area contributed by atoms with Crippen LogP contribution in [0.4, 0.5) is 0 Å². The van der Waals surface area contributed by atoms with E-state index in [1.54, 1.807) is 0 Å². The predicted molar refractivity (Wildman–Crippen MR) is 77.6 cm³/mol. The van der Waals surface area contributed by atoms with Crippen molar-refractivity contribution in [2.24, 2.45) is 5.92 Å². The predicted octanol–water partition coefficient (Wildman–Crippen LogP) is 4.21. The van der Waals surface area contributed by atoms with Gasteiger partial charge in [-0.15, -0.1) is 0 Å². The van der Waals surface area contributed by atoms with Gasteiger partial charge in [-0.05, 0) is 24.0 Å². The van der Waals surface area contributed by atoms with Crippen molar-refractivity contribution in [1.29, 1.82) is 0 Å². The second-order valence-electron chi connectivity index (χ2n) is 5.28. The fourth-order valence-corrected chi connectivity index (χ4v) is 2.78. The third kappa shape index (κ3) is 4.23. The SMILES string of the molecule is COC(=O)C(=Cc1ccccc1)CC1CCCCC1. The highest BCUT2D eigenvalue weighted by molar-refractivity contribution is 5.93. The first-order chi connectivity index (χ1) is 9.29. The van der Waals surface area contributed by atoms with Crippen LogP contribution in [0.5, 0.6) is 0 Å². The number of benzene rings is 1. The normalized spacial score (nSPS) is 17.2. The molecule has 0 aromatic heterocycles. The zero-order chi connectivity index (χ0) is 13.5. The van der Waals surface area contributed by atoms with Gasteiger partial charge in [0.25, 0.3) is 0 Å². The van der Waals surface area contributed by atoms with E-state index in [2.05, 4.69) is 0 Å². The van der Waals surface area contributed by atoms with E-state index in [4.69, 9.17) is 4.74 Å². The second kappa shape index (κ2) is 7.13. The van der Waals surface area contributed by atoms with Crippen molar-refractivity contribution in [1.82, 2.24) is 0 Å². The molecule has 0 bridgehead atoms. The van der Waals surface area contributed by atoms with Crippen molar-refractivity contribution >= 4 is 12.0 Å². The number of carbonyl (C=O) groups excluding carboxylic acids is 1. The third-order valence-electron chi connectivity index (χ3n) is 3.82. The average Bonchev–Trinajstić information content (AvgIpc) is 2.48. The highest BCUT2D eigenvalue weighted by atomic mass is 16.5. The summed E-state index contributed by atoms with van der Waals surface area (Å²) in [5.41, 5.74) is 1.87. The van der Waals surface area contributed by atoms with E-state index < -0.39 is 0 Å². The zero-order valence-electron chi connectivity index (χ0n) is 11.6. The Morgan fingerprint density at radius 1 is 1.21 bits per heavy atom. The van der Waals surface area contributed by atoms with Crippen LogP contribution in [-0.2, 0) is 9.53 Å². The molecule has 0 unspecified atom stereocenters. The summed E-state index contributed by atoms with van der Waals surface area (Å²) < 4.78 is 4.92. The van der Waals surface area contributed by atoms with E-state index in [1.165, 1.54) is 39.2 Å². The molecule has 2 rings (SSSR count). The summed E-state index contributed by atoms with van der Waals surface area (Å²) in [4.78, 5) is 11.9. The first kappa shape index (κ1) is 13.9. The van der Waals surface area contributed by atoms with Gasteiger partial charge < -0.3 is 4.74 Å². The first-order valence-electron chi connectivity index (χ1n) is 7.13. The number of ether oxygens (including phenoxy) is 1. The molecule has 0 heterocycles. The minimum atomic E-state index is -0.186. The van der Waals surface area contributed by atoms with E-state index >= 15 is 0 Å². The maximum atomic E-state index is 11.9. The number of rotatable bonds is 4. The molecule has 0 saturated heterocycles. The monoisotopic (exact) mass is 258 g/mol. The molecule has 1 aromatic carbocycles. The quantitative estimate of drug-likeness (QED) is 0.597. The zero-order valence-corrected chi connectivity index (χ0v) is 11.6. The molecule has 1 aliphatic rings. The van der Waals surface area contributed by atoms with E-state index in [1.807, 2.05) is 36.4 Å². The summed E-state index contributed by atoms with van der Waals surface area (Å²) in [5.74, 6) is 0.456. The van der Waals surface area contributed by atoms with Gasteiger partial charge in [-0.1, -0.05) is 62.4 Å². The van der Waals surface area contributed by atoms with Gasteiger partial charge in [-0.2, -0.15) is 0 Å². The Bertz CT molecular complexity index is 428. The molecule has 1 saturated carbocycles. The fraction of sp³-hybridized carbons (Fsp3) is 0.471. The van der Waals surface area contributed by atoms with Crippen molar-refractivity contribution in [3.8, 4) is 0 Å². The smallest absolute Gasteiger partial charge is 0.333 e. The Labute approximate surface area is 115 Å². The molecule has 0 radical (unpaired) electrons. The first-order valence-corrected chi connectivity index (χ1v) is 7.13. The fourth-order valence-electron chi connectivity index (χ4n) is 2.78. The molecule has 0 amide bonds. The van der Waals surface area contributed by atoms with Crippen molar-refractivity contribution in [2.45, 2.75) is 38.5 Å². The summed E-state index contributed by atoms with van der Waals surface area (Å²) in [6, 6.07) is 9.99.